The molecular weight excluding hydrogens is 1300 g/mol. The van der Waals surface area contributed by atoms with Gasteiger partial charge in [-0.2, -0.15) is 0 Å². The molecule has 558 valence electrons. The normalized spacial score (nSPS) is 17.3. The highest BCUT2D eigenvalue weighted by Gasteiger charge is 2.44. The van der Waals surface area contributed by atoms with E-state index in [9.17, 15) is 102 Å². The number of nitrogens with zero attached hydrogens (tertiary/aromatic N) is 2. The monoisotopic (exact) mass is 1410 g/mol. The Hall–Kier alpha value is -9.25. The summed E-state index contributed by atoms with van der Waals surface area (Å²) in [5.41, 5.74) is 5.45. The number of carbonyl (C=O) groups excluding carboxylic acids is 13. The molecule has 0 radical (unpaired) electrons. The summed E-state index contributed by atoms with van der Waals surface area (Å²) in [4.78, 5) is 226. The van der Waals surface area contributed by atoms with E-state index >= 15 is 0 Å². The fourth-order valence-corrected chi connectivity index (χ4v) is 10.9. The minimum absolute atomic E-state index is 0.0510. The molecule has 0 aromatic heterocycles. The zero-order valence-electron chi connectivity index (χ0n) is 57.7. The molecule has 2 fully saturated rings. The van der Waals surface area contributed by atoms with Crippen LogP contribution in [0.3, 0.4) is 0 Å². The van der Waals surface area contributed by atoms with E-state index in [0.29, 0.717) is 19.3 Å². The van der Waals surface area contributed by atoms with Crippen molar-refractivity contribution in [3.05, 3.63) is 0 Å². The minimum Gasteiger partial charge on any atom is -0.481 e. The summed E-state index contributed by atoms with van der Waals surface area (Å²) in [6.45, 7) is 10.0. The van der Waals surface area contributed by atoms with Crippen LogP contribution in [0.1, 0.15) is 183 Å². The fourth-order valence-electron chi connectivity index (χ4n) is 10.9. The quantitative estimate of drug-likeness (QED) is 0.0238. The van der Waals surface area contributed by atoms with Crippen LogP contribution in [0, 0.1) is 11.8 Å². The maximum absolute atomic E-state index is 15.0. The average molecular weight is 1410 g/mol. The van der Waals surface area contributed by atoms with Crippen molar-refractivity contribution in [2.45, 2.75) is 250 Å². The molecule has 2 heterocycles. The summed E-state index contributed by atoms with van der Waals surface area (Å²) in [6, 6.07) is -19.4. The second kappa shape index (κ2) is 45.4. The molecule has 0 bridgehead atoms. The van der Waals surface area contributed by atoms with Crippen LogP contribution in [-0.2, 0) is 71.9 Å². The Morgan fingerprint density at radius 1 is 0.475 bits per heavy atom. The van der Waals surface area contributed by atoms with Gasteiger partial charge >= 0.3 is 35.9 Å². The first-order chi connectivity index (χ1) is 46.8. The topological polar surface area (TPSA) is 548 Å². The van der Waals surface area contributed by atoms with Crippen LogP contribution in [0.5, 0.6) is 0 Å². The Labute approximate surface area is 575 Å². The molecule has 0 aliphatic carbocycles. The number of urea groups is 2. The summed E-state index contributed by atoms with van der Waals surface area (Å²) in [5.74, 6) is -19.9. The highest BCUT2D eigenvalue weighted by atomic mass is 16.4. The lowest BCUT2D eigenvalue weighted by atomic mass is 9.96. The van der Waals surface area contributed by atoms with E-state index in [1.54, 1.807) is 26.1 Å². The first kappa shape index (κ1) is 85.8. The number of carbonyl (C=O) groups is 17. The third kappa shape index (κ3) is 31.9. The standard InChI is InChI=1S/C63H105N15O21/c1-8-9-10-11-12-13-14-15-16-17-18-20-27-65-62(98)72-42(32-49(86)87)54(89)74-52(39(7)69-56(91)43-24-22-28-77(43)34-79)60(95)78-29-21-19-23-44(78)57(92)73-50(36(4)61(96)97)58(93)71-40(30-47(82)83)53(88)66-33-46(81)70-41(31-48(84)85)55(90)76-63(99)75-51(38(6)67-45(80)25-26-64)59(94)68-37(5)35(2)3/h34-44,50-52H,8-33,64H2,1-7H3,(H,66,88)(H,67,80)(H,68,94)(H,69,91)(H,70,81)(H,71,93)(H,73,92)(H,74,89)(H,82,83)(H,84,85)(H,86,87)(H,96,97)(H2,65,72,98)(H2,75,76,90,99). The van der Waals surface area contributed by atoms with Crippen LogP contribution in [0.25, 0.3) is 0 Å². The Balaban J connectivity index is 2.36. The largest absolute Gasteiger partial charge is 0.481 e. The highest BCUT2D eigenvalue weighted by Crippen LogP contribution is 2.22. The van der Waals surface area contributed by atoms with Gasteiger partial charge in [-0.15, -0.1) is 0 Å². The summed E-state index contributed by atoms with van der Waals surface area (Å²) < 4.78 is 0. The van der Waals surface area contributed by atoms with Crippen molar-refractivity contribution in [2.24, 2.45) is 17.6 Å². The molecule has 0 aromatic carbocycles. The van der Waals surface area contributed by atoms with Crippen LogP contribution < -0.4 is 69.5 Å². The second-order valence-electron chi connectivity index (χ2n) is 25.4. The number of nitrogens with two attached hydrogens (primary N) is 1. The molecule has 36 heteroatoms. The first-order valence-electron chi connectivity index (χ1n) is 33.9. The van der Waals surface area contributed by atoms with Crippen molar-refractivity contribution in [2.75, 3.05) is 32.7 Å². The van der Waals surface area contributed by atoms with E-state index < -0.39 is 193 Å². The third-order valence-corrected chi connectivity index (χ3v) is 16.9. The molecule has 0 aromatic rings. The highest BCUT2D eigenvalue weighted by molar-refractivity contribution is 6.03. The van der Waals surface area contributed by atoms with Crippen LogP contribution >= 0.6 is 0 Å². The molecule has 0 saturated carbocycles. The van der Waals surface area contributed by atoms with E-state index in [4.69, 9.17) is 5.73 Å². The van der Waals surface area contributed by atoms with Crippen LogP contribution in [0.4, 0.5) is 9.59 Å². The van der Waals surface area contributed by atoms with E-state index in [-0.39, 0.29) is 64.2 Å². The number of nitrogens with one attached hydrogen (secondary N) is 12. The molecule has 2 aliphatic rings. The van der Waals surface area contributed by atoms with Gasteiger partial charge in [-0.05, 0) is 72.1 Å². The number of hydrogen-bond donors (Lipinski definition) is 17. The number of piperidine rings is 1. The number of imide groups is 1. The number of aliphatic carboxylic acids is 4. The molecule has 12 atom stereocenters. The van der Waals surface area contributed by atoms with Gasteiger partial charge in [0.2, 0.25) is 59.6 Å². The molecular formula is C63H105N15O21. The summed E-state index contributed by atoms with van der Waals surface area (Å²) >= 11 is 0. The van der Waals surface area contributed by atoms with Crippen molar-refractivity contribution in [1.82, 2.24) is 73.6 Å². The molecule has 0 spiro atoms. The number of rotatable bonds is 46. The van der Waals surface area contributed by atoms with Crippen molar-refractivity contribution in [3.63, 3.8) is 0 Å². The lowest BCUT2D eigenvalue weighted by molar-refractivity contribution is -0.149. The molecule has 2 aliphatic heterocycles. The van der Waals surface area contributed by atoms with Crippen LogP contribution in [0.15, 0.2) is 0 Å². The second-order valence-corrected chi connectivity index (χ2v) is 25.4. The van der Waals surface area contributed by atoms with E-state index in [0.717, 1.165) is 43.9 Å². The van der Waals surface area contributed by atoms with Crippen molar-refractivity contribution in [1.29, 1.82) is 0 Å². The number of unbranched alkanes of at least 4 members (excludes halogenated alkanes) is 11. The van der Waals surface area contributed by atoms with Crippen molar-refractivity contribution < 1.29 is 102 Å². The van der Waals surface area contributed by atoms with E-state index in [1.165, 1.54) is 57.3 Å². The predicted octanol–water partition coefficient (Wildman–Crippen LogP) is -1.73. The molecule has 2 rings (SSSR count). The van der Waals surface area contributed by atoms with Crippen molar-refractivity contribution >= 4 is 101 Å². The maximum Gasteiger partial charge on any atom is 0.322 e. The number of amides is 15. The van der Waals surface area contributed by atoms with Gasteiger partial charge < -0.3 is 94.4 Å². The van der Waals surface area contributed by atoms with Crippen molar-refractivity contribution in [3.8, 4) is 0 Å². The lowest BCUT2D eigenvalue weighted by Crippen LogP contribution is -2.66. The van der Waals surface area contributed by atoms with Gasteiger partial charge in [0.05, 0.1) is 43.8 Å². The van der Waals surface area contributed by atoms with E-state index in [1.807, 2.05) is 16.0 Å². The Kier molecular flexibility index (Phi) is 39.3. The van der Waals surface area contributed by atoms with Gasteiger partial charge in [0.25, 0.3) is 5.91 Å². The Bertz CT molecular complexity index is 2790. The van der Waals surface area contributed by atoms with Gasteiger partial charge in [-0.1, -0.05) is 91.4 Å². The SMILES string of the molecule is CCCCCCCCCCCCCCNC(=O)NC(CC(=O)O)C(=O)NC(C(=O)N1CCCCC1C(=O)NC(C(=O)NC(CC(=O)O)C(=O)NCC(=O)NC(CC(=O)O)C(=O)NC(=O)NC(C(=O)NC(C)C(C)C)C(C)NC(=O)CCN)C(C)C(=O)O)C(C)NC(=O)C1CCCN1C=O. The predicted molar refractivity (Wildman–Crippen MR) is 353 cm³/mol. The molecule has 99 heavy (non-hydrogen) atoms. The molecule has 2 saturated heterocycles. The average Bonchev–Trinajstić information content (AvgIpc) is 1.72. The molecule has 12 unspecified atom stereocenters. The Morgan fingerprint density at radius 3 is 1.55 bits per heavy atom. The minimum atomic E-state index is -2.17. The number of carboxylic acids is 4. The third-order valence-electron chi connectivity index (χ3n) is 16.9. The lowest BCUT2D eigenvalue weighted by Gasteiger charge is -2.39. The zero-order valence-corrected chi connectivity index (χ0v) is 57.7. The number of hydrogen-bond acceptors (Lipinski definition) is 18. The summed E-state index contributed by atoms with van der Waals surface area (Å²) in [6.07, 6.45) is 10.7. The summed E-state index contributed by atoms with van der Waals surface area (Å²) in [5, 5.41) is 66.9. The van der Waals surface area contributed by atoms with Gasteiger partial charge in [-0.3, -0.25) is 77.2 Å². The molecule has 18 N–H and O–H groups in total. The smallest absolute Gasteiger partial charge is 0.322 e. The van der Waals surface area contributed by atoms with Gasteiger partial charge in [0.1, 0.15) is 48.3 Å². The first-order valence-corrected chi connectivity index (χ1v) is 33.9. The summed E-state index contributed by atoms with van der Waals surface area (Å²) in [7, 11) is 0. The van der Waals surface area contributed by atoms with Gasteiger partial charge in [-0.25, -0.2) is 9.59 Å². The molecule has 15 amide bonds. The van der Waals surface area contributed by atoms with Gasteiger partial charge in [0, 0.05) is 38.6 Å². The van der Waals surface area contributed by atoms with E-state index in [2.05, 4.69) is 49.5 Å². The zero-order chi connectivity index (χ0) is 74.5. The Morgan fingerprint density at radius 2 is 1.00 bits per heavy atom. The number of carboxylic acid groups (broad SMARTS) is 4. The molecule has 36 nitrogen and oxygen atoms in total. The van der Waals surface area contributed by atoms with Crippen LogP contribution in [-0.4, -0.2) is 231 Å². The maximum atomic E-state index is 15.0. The van der Waals surface area contributed by atoms with Gasteiger partial charge in [0.15, 0.2) is 0 Å². The fraction of sp³-hybridized carbons (Fsp3) is 0.730. The number of likely N-dealkylation sites (tertiary alicyclic amines) is 2. The van der Waals surface area contributed by atoms with Crippen LogP contribution in [0.2, 0.25) is 0 Å².